The molecule has 1 aliphatic heterocycles. The Morgan fingerprint density at radius 2 is 2.10 bits per heavy atom. The molecule has 2 heterocycles. The van der Waals surface area contributed by atoms with E-state index in [1.165, 1.54) is 6.07 Å². The first-order valence-electron chi connectivity index (χ1n) is 6.85. The Morgan fingerprint density at radius 1 is 1.30 bits per heavy atom. The molecule has 0 aliphatic carbocycles. The predicted molar refractivity (Wildman–Crippen MR) is 78.6 cm³/mol. The molecule has 1 aromatic heterocycles. The van der Waals surface area contributed by atoms with Crippen molar-refractivity contribution in [2.45, 2.75) is 18.9 Å². The standard InChI is InChI=1S/C15H18N2O3/c1-19-11-2-3-14-12(8-11)13(9-15(18)20-14)17-10-4-6-16-7-5-10/h2-3,8-10,16-17H,4-7H2,1H3. The third kappa shape index (κ3) is 2.63. The monoisotopic (exact) mass is 274 g/mol. The molecule has 0 radical (unpaired) electrons. The van der Waals surface area contributed by atoms with Crippen LogP contribution in [0.4, 0.5) is 5.69 Å². The summed E-state index contributed by atoms with van der Waals surface area (Å²) in [5, 5.41) is 7.66. The van der Waals surface area contributed by atoms with Crippen molar-refractivity contribution in [3.63, 3.8) is 0 Å². The van der Waals surface area contributed by atoms with Gasteiger partial charge in [0.1, 0.15) is 11.3 Å². The van der Waals surface area contributed by atoms with E-state index in [0.717, 1.165) is 42.8 Å². The summed E-state index contributed by atoms with van der Waals surface area (Å²) in [4.78, 5) is 11.7. The van der Waals surface area contributed by atoms with E-state index in [9.17, 15) is 4.79 Å². The molecule has 0 amide bonds. The molecule has 0 spiro atoms. The quantitative estimate of drug-likeness (QED) is 0.838. The van der Waals surface area contributed by atoms with Crippen LogP contribution in [0.5, 0.6) is 5.75 Å². The molecule has 5 heteroatoms. The fraction of sp³-hybridized carbons (Fsp3) is 0.400. The van der Waals surface area contributed by atoms with Crippen molar-refractivity contribution in [2.24, 2.45) is 0 Å². The van der Waals surface area contributed by atoms with E-state index in [2.05, 4.69) is 10.6 Å². The van der Waals surface area contributed by atoms with Gasteiger partial charge in [0.2, 0.25) is 0 Å². The molecule has 1 aromatic carbocycles. The van der Waals surface area contributed by atoms with Gasteiger partial charge >= 0.3 is 5.63 Å². The largest absolute Gasteiger partial charge is 0.497 e. The van der Waals surface area contributed by atoms with Crippen LogP contribution in [0.3, 0.4) is 0 Å². The zero-order chi connectivity index (χ0) is 13.9. The molecule has 2 N–H and O–H groups in total. The van der Waals surface area contributed by atoms with Crippen LogP contribution in [0.2, 0.25) is 0 Å². The third-order valence-corrected chi connectivity index (χ3v) is 3.65. The Labute approximate surface area is 116 Å². The van der Waals surface area contributed by atoms with Gasteiger partial charge in [0.25, 0.3) is 0 Å². The van der Waals surface area contributed by atoms with Crippen molar-refractivity contribution in [2.75, 3.05) is 25.5 Å². The lowest BCUT2D eigenvalue weighted by Gasteiger charge is -2.25. The number of methoxy groups -OCH3 is 1. The van der Waals surface area contributed by atoms with Gasteiger partial charge in [-0.1, -0.05) is 0 Å². The number of nitrogens with one attached hydrogen (secondary N) is 2. The minimum absolute atomic E-state index is 0.334. The Balaban J connectivity index is 2.00. The van der Waals surface area contributed by atoms with Crippen LogP contribution in [-0.2, 0) is 0 Å². The van der Waals surface area contributed by atoms with Crippen molar-refractivity contribution in [3.05, 3.63) is 34.7 Å². The highest BCUT2D eigenvalue weighted by atomic mass is 16.5. The lowest BCUT2D eigenvalue weighted by atomic mass is 10.1. The minimum Gasteiger partial charge on any atom is -0.497 e. The lowest BCUT2D eigenvalue weighted by molar-refractivity contribution is 0.415. The fourth-order valence-electron chi connectivity index (χ4n) is 2.57. The molecule has 20 heavy (non-hydrogen) atoms. The molecule has 1 fully saturated rings. The summed E-state index contributed by atoms with van der Waals surface area (Å²) in [5.74, 6) is 0.750. The van der Waals surface area contributed by atoms with Gasteiger partial charge in [-0.25, -0.2) is 4.79 Å². The highest BCUT2D eigenvalue weighted by Gasteiger charge is 2.15. The van der Waals surface area contributed by atoms with E-state index in [1.54, 1.807) is 19.2 Å². The number of anilines is 1. The van der Waals surface area contributed by atoms with Crippen molar-refractivity contribution in [3.8, 4) is 5.75 Å². The number of benzene rings is 1. The smallest absolute Gasteiger partial charge is 0.338 e. The predicted octanol–water partition coefficient (Wildman–Crippen LogP) is 1.97. The Kier molecular flexibility index (Phi) is 3.60. The number of piperidine rings is 1. The zero-order valence-corrected chi connectivity index (χ0v) is 11.4. The van der Waals surface area contributed by atoms with Crippen LogP contribution >= 0.6 is 0 Å². The van der Waals surface area contributed by atoms with Crippen LogP contribution in [0.15, 0.2) is 33.5 Å². The van der Waals surface area contributed by atoms with Crippen molar-refractivity contribution >= 4 is 16.7 Å². The normalized spacial score (nSPS) is 16.2. The highest BCUT2D eigenvalue weighted by molar-refractivity contribution is 5.90. The van der Waals surface area contributed by atoms with E-state index < -0.39 is 0 Å². The molecule has 0 unspecified atom stereocenters. The van der Waals surface area contributed by atoms with Gasteiger partial charge in [-0.05, 0) is 44.1 Å². The molecule has 106 valence electrons. The zero-order valence-electron chi connectivity index (χ0n) is 11.4. The first-order valence-corrected chi connectivity index (χ1v) is 6.85. The fourth-order valence-corrected chi connectivity index (χ4v) is 2.57. The highest BCUT2D eigenvalue weighted by Crippen LogP contribution is 2.27. The van der Waals surface area contributed by atoms with Gasteiger partial charge in [-0.3, -0.25) is 0 Å². The molecule has 5 nitrogen and oxygen atoms in total. The summed E-state index contributed by atoms with van der Waals surface area (Å²) < 4.78 is 10.5. The van der Waals surface area contributed by atoms with Crippen LogP contribution in [0, 0.1) is 0 Å². The maximum Gasteiger partial charge on any atom is 0.338 e. The Bertz CT molecular complexity index is 660. The molecule has 0 bridgehead atoms. The lowest BCUT2D eigenvalue weighted by Crippen LogP contribution is -2.35. The maximum absolute atomic E-state index is 11.7. The second-order valence-electron chi connectivity index (χ2n) is 5.01. The molecule has 1 saturated heterocycles. The van der Waals surface area contributed by atoms with Gasteiger partial charge in [0.05, 0.1) is 12.8 Å². The molecule has 0 saturated carbocycles. The van der Waals surface area contributed by atoms with E-state index in [0.29, 0.717) is 11.6 Å². The van der Waals surface area contributed by atoms with E-state index >= 15 is 0 Å². The summed E-state index contributed by atoms with van der Waals surface area (Å²) in [7, 11) is 1.63. The van der Waals surface area contributed by atoms with Crippen LogP contribution in [0.25, 0.3) is 11.0 Å². The second-order valence-corrected chi connectivity index (χ2v) is 5.01. The number of ether oxygens (including phenoxy) is 1. The summed E-state index contributed by atoms with van der Waals surface area (Å²) in [6.45, 7) is 2.00. The Hall–Kier alpha value is -2.01. The average Bonchev–Trinajstić information content (AvgIpc) is 2.48. The first kappa shape index (κ1) is 13.0. The molecule has 0 atom stereocenters. The maximum atomic E-state index is 11.7. The Morgan fingerprint density at radius 3 is 2.85 bits per heavy atom. The summed E-state index contributed by atoms with van der Waals surface area (Å²) in [6, 6.07) is 7.35. The van der Waals surface area contributed by atoms with Gasteiger partial charge in [-0.15, -0.1) is 0 Å². The minimum atomic E-state index is -0.334. The molecular weight excluding hydrogens is 256 g/mol. The van der Waals surface area contributed by atoms with Gasteiger partial charge in [-0.2, -0.15) is 0 Å². The van der Waals surface area contributed by atoms with Crippen LogP contribution in [0.1, 0.15) is 12.8 Å². The van der Waals surface area contributed by atoms with Crippen molar-refractivity contribution in [1.82, 2.24) is 5.32 Å². The summed E-state index contributed by atoms with van der Waals surface area (Å²) >= 11 is 0. The van der Waals surface area contributed by atoms with Crippen molar-refractivity contribution in [1.29, 1.82) is 0 Å². The van der Waals surface area contributed by atoms with Crippen LogP contribution < -0.4 is 21.0 Å². The summed E-state index contributed by atoms with van der Waals surface area (Å²) in [6.07, 6.45) is 2.09. The first-order chi connectivity index (χ1) is 9.76. The van der Waals surface area contributed by atoms with Gasteiger partial charge in [0.15, 0.2) is 0 Å². The van der Waals surface area contributed by atoms with E-state index in [-0.39, 0.29) is 5.63 Å². The number of rotatable bonds is 3. The number of hydrogen-bond donors (Lipinski definition) is 2. The molecular formula is C15H18N2O3. The molecule has 1 aliphatic rings. The topological polar surface area (TPSA) is 63.5 Å². The number of hydrogen-bond acceptors (Lipinski definition) is 5. The van der Waals surface area contributed by atoms with Crippen molar-refractivity contribution < 1.29 is 9.15 Å². The average molecular weight is 274 g/mol. The second kappa shape index (κ2) is 5.54. The SMILES string of the molecule is COc1ccc2oc(=O)cc(NC3CCNCC3)c2c1. The summed E-state index contributed by atoms with van der Waals surface area (Å²) in [5.41, 5.74) is 1.07. The van der Waals surface area contributed by atoms with E-state index in [4.69, 9.17) is 9.15 Å². The van der Waals surface area contributed by atoms with Crippen LogP contribution in [-0.4, -0.2) is 26.2 Å². The van der Waals surface area contributed by atoms with Gasteiger partial charge in [0, 0.05) is 17.5 Å². The van der Waals surface area contributed by atoms with Gasteiger partial charge < -0.3 is 19.8 Å². The van der Waals surface area contributed by atoms with E-state index in [1.807, 2.05) is 6.07 Å². The number of fused-ring (bicyclic) bond motifs is 1. The molecule has 2 aromatic rings. The molecule has 3 rings (SSSR count). The third-order valence-electron chi connectivity index (χ3n) is 3.65.